The maximum Gasteiger partial charge on any atom is 0.165 e. The molecule has 0 amide bonds. The van der Waals surface area contributed by atoms with E-state index >= 15 is 0 Å². The normalized spacial score (nSPS) is 11.2. The number of fused-ring (bicyclic) bond motifs is 1. The van der Waals surface area contributed by atoms with Crippen molar-refractivity contribution in [3.63, 3.8) is 0 Å². The topological polar surface area (TPSA) is 26.2 Å². The van der Waals surface area contributed by atoms with Crippen LogP contribution in [0.5, 0.6) is 5.75 Å². The summed E-state index contributed by atoms with van der Waals surface area (Å²) in [6, 6.07) is 11.1. The van der Waals surface area contributed by atoms with Crippen LogP contribution in [0.4, 0.5) is 4.39 Å². The zero-order chi connectivity index (χ0) is 17.8. The smallest absolute Gasteiger partial charge is 0.165 e. The zero-order valence-electron chi connectivity index (χ0n) is 14.5. The van der Waals surface area contributed by atoms with Gasteiger partial charge < -0.3 is 14.6 Å². The Hall–Kier alpha value is -2.04. The lowest BCUT2D eigenvalue weighted by atomic mass is 10.1. The number of aryl methyl sites for hydroxylation is 1. The lowest BCUT2D eigenvalue weighted by Gasteiger charge is -2.09. The Morgan fingerprint density at radius 3 is 2.72 bits per heavy atom. The van der Waals surface area contributed by atoms with E-state index in [0.29, 0.717) is 18.9 Å². The molecule has 0 atom stereocenters. The third-order valence-corrected chi connectivity index (χ3v) is 4.64. The molecular weight excluding hydrogens is 339 g/mol. The number of aromatic nitrogens is 1. The molecule has 0 saturated carbocycles. The minimum absolute atomic E-state index is 0.314. The molecule has 25 heavy (non-hydrogen) atoms. The highest BCUT2D eigenvalue weighted by molar-refractivity contribution is 6.31. The van der Waals surface area contributed by atoms with Crippen LogP contribution in [0.3, 0.4) is 0 Å². The molecule has 0 radical (unpaired) electrons. The third kappa shape index (κ3) is 3.80. The summed E-state index contributed by atoms with van der Waals surface area (Å²) in [5.74, 6) is 0.0348. The first-order valence-electron chi connectivity index (χ1n) is 8.45. The van der Waals surface area contributed by atoms with Gasteiger partial charge in [-0.05, 0) is 49.2 Å². The Kier molecular flexibility index (Phi) is 5.61. The lowest BCUT2D eigenvalue weighted by molar-refractivity contribution is 0.326. The molecule has 0 aliphatic carbocycles. The van der Waals surface area contributed by atoms with Crippen molar-refractivity contribution >= 4 is 22.5 Å². The summed E-state index contributed by atoms with van der Waals surface area (Å²) in [7, 11) is 1.97. The number of hydrogen-bond donors (Lipinski definition) is 1. The highest BCUT2D eigenvalue weighted by atomic mass is 35.5. The fourth-order valence-corrected chi connectivity index (χ4v) is 3.28. The van der Waals surface area contributed by atoms with Gasteiger partial charge in [-0.25, -0.2) is 4.39 Å². The van der Waals surface area contributed by atoms with Gasteiger partial charge in [-0.2, -0.15) is 0 Å². The van der Waals surface area contributed by atoms with Crippen LogP contribution in [0, 0.1) is 5.82 Å². The summed E-state index contributed by atoms with van der Waals surface area (Å²) in [5, 5.41) is 5.03. The molecule has 5 heteroatoms. The zero-order valence-corrected chi connectivity index (χ0v) is 15.2. The second-order valence-electron chi connectivity index (χ2n) is 5.99. The molecule has 0 aliphatic rings. The fourth-order valence-electron chi connectivity index (χ4n) is 3.08. The van der Waals surface area contributed by atoms with Crippen molar-refractivity contribution < 1.29 is 9.13 Å². The van der Waals surface area contributed by atoms with Crippen LogP contribution in [-0.4, -0.2) is 17.7 Å². The Morgan fingerprint density at radius 1 is 1.16 bits per heavy atom. The molecule has 1 aromatic heterocycles. The number of ether oxygens (including phenoxy) is 1. The summed E-state index contributed by atoms with van der Waals surface area (Å²) in [4.78, 5) is 0. The van der Waals surface area contributed by atoms with Crippen molar-refractivity contribution in [3.05, 3.63) is 64.6 Å². The number of nitrogens with one attached hydrogen (secondary N) is 1. The van der Waals surface area contributed by atoms with Crippen molar-refractivity contribution in [3.8, 4) is 5.75 Å². The first-order chi connectivity index (χ1) is 12.1. The van der Waals surface area contributed by atoms with Crippen LogP contribution in [0.1, 0.15) is 18.1 Å². The summed E-state index contributed by atoms with van der Waals surface area (Å²) in [6.07, 6.45) is 2.83. The van der Waals surface area contributed by atoms with Gasteiger partial charge in [0.25, 0.3) is 0 Å². The molecule has 0 bridgehead atoms. The largest absolute Gasteiger partial charge is 0.490 e. The van der Waals surface area contributed by atoms with Gasteiger partial charge in [0.15, 0.2) is 11.6 Å². The first kappa shape index (κ1) is 17.8. The van der Waals surface area contributed by atoms with E-state index in [4.69, 9.17) is 16.3 Å². The monoisotopic (exact) mass is 360 g/mol. The molecule has 0 unspecified atom stereocenters. The SMILES string of the molecule is CCOc1c(F)ccc2c1c(CCNCc1ccccc1Cl)cn2C. The van der Waals surface area contributed by atoms with E-state index in [1.807, 2.05) is 49.0 Å². The second-order valence-corrected chi connectivity index (χ2v) is 6.39. The first-order valence-corrected chi connectivity index (χ1v) is 8.83. The molecule has 0 saturated heterocycles. The highest BCUT2D eigenvalue weighted by Crippen LogP contribution is 2.33. The van der Waals surface area contributed by atoms with Crippen LogP contribution in [-0.2, 0) is 20.0 Å². The Bertz CT molecular complexity index is 876. The number of halogens is 2. The predicted molar refractivity (Wildman–Crippen MR) is 101 cm³/mol. The number of benzene rings is 2. The van der Waals surface area contributed by atoms with Gasteiger partial charge in [-0.15, -0.1) is 0 Å². The van der Waals surface area contributed by atoms with Gasteiger partial charge >= 0.3 is 0 Å². The van der Waals surface area contributed by atoms with E-state index in [9.17, 15) is 4.39 Å². The van der Waals surface area contributed by atoms with Crippen molar-refractivity contribution in [1.82, 2.24) is 9.88 Å². The van der Waals surface area contributed by atoms with Crippen molar-refractivity contribution in [2.24, 2.45) is 7.05 Å². The third-order valence-electron chi connectivity index (χ3n) is 4.27. The summed E-state index contributed by atoms with van der Waals surface area (Å²) in [5.41, 5.74) is 3.13. The minimum Gasteiger partial charge on any atom is -0.490 e. The standard InChI is InChI=1S/C20H22ClFN2O/c1-3-25-20-17(22)8-9-18-19(20)15(13-24(18)2)10-11-23-12-14-6-4-5-7-16(14)21/h4-9,13,23H,3,10-12H2,1-2H3. The van der Waals surface area contributed by atoms with E-state index in [1.165, 1.54) is 6.07 Å². The molecule has 1 heterocycles. The van der Waals surface area contributed by atoms with Crippen molar-refractivity contribution in [2.45, 2.75) is 19.9 Å². The molecule has 2 aromatic carbocycles. The molecule has 1 N–H and O–H groups in total. The molecule has 3 rings (SSSR count). The Morgan fingerprint density at radius 2 is 1.96 bits per heavy atom. The van der Waals surface area contributed by atoms with Gasteiger partial charge in [0.1, 0.15) is 0 Å². The molecule has 0 spiro atoms. The Labute approximate surface area is 152 Å². The summed E-state index contributed by atoms with van der Waals surface area (Å²) >= 11 is 6.17. The molecule has 0 aliphatic heterocycles. The van der Waals surface area contributed by atoms with E-state index in [0.717, 1.165) is 40.0 Å². The van der Waals surface area contributed by atoms with Gasteiger partial charge in [-0.1, -0.05) is 29.8 Å². The van der Waals surface area contributed by atoms with Crippen molar-refractivity contribution in [1.29, 1.82) is 0 Å². The average Bonchev–Trinajstić information content (AvgIpc) is 2.92. The average molecular weight is 361 g/mol. The van der Waals surface area contributed by atoms with Gasteiger partial charge in [0.05, 0.1) is 12.1 Å². The number of nitrogens with zero attached hydrogens (tertiary/aromatic N) is 1. The maximum absolute atomic E-state index is 14.2. The van der Waals surface area contributed by atoms with Crippen LogP contribution in [0.25, 0.3) is 10.9 Å². The number of rotatable bonds is 7. The molecule has 3 nitrogen and oxygen atoms in total. The van der Waals surface area contributed by atoms with E-state index < -0.39 is 0 Å². The van der Waals surface area contributed by atoms with Crippen molar-refractivity contribution in [2.75, 3.05) is 13.2 Å². The second kappa shape index (κ2) is 7.89. The summed E-state index contributed by atoms with van der Waals surface area (Å²) < 4.78 is 21.8. The van der Waals surface area contributed by atoms with Gasteiger partial charge in [0, 0.05) is 30.2 Å². The molecule has 132 valence electrons. The highest BCUT2D eigenvalue weighted by Gasteiger charge is 2.15. The lowest BCUT2D eigenvalue weighted by Crippen LogP contribution is -2.16. The Balaban J connectivity index is 1.75. The quantitative estimate of drug-likeness (QED) is 0.618. The summed E-state index contributed by atoms with van der Waals surface area (Å²) in [6.45, 7) is 3.78. The number of hydrogen-bond acceptors (Lipinski definition) is 2. The van der Waals surface area contributed by atoms with Gasteiger partial charge in [-0.3, -0.25) is 0 Å². The van der Waals surface area contributed by atoms with Crippen LogP contribution in [0.15, 0.2) is 42.6 Å². The minimum atomic E-state index is -0.314. The predicted octanol–water partition coefficient (Wildman–Crippen LogP) is 4.70. The van der Waals surface area contributed by atoms with Gasteiger partial charge in [0.2, 0.25) is 0 Å². The molecule has 3 aromatic rings. The molecule has 0 fully saturated rings. The molecular formula is C20H22ClFN2O. The van der Waals surface area contributed by atoms with Crippen LogP contribution >= 0.6 is 11.6 Å². The van der Waals surface area contributed by atoms with Crippen LogP contribution in [0.2, 0.25) is 5.02 Å². The van der Waals surface area contributed by atoms with E-state index in [2.05, 4.69) is 5.32 Å². The maximum atomic E-state index is 14.2. The van der Waals surface area contributed by atoms with E-state index in [1.54, 1.807) is 6.07 Å². The fraction of sp³-hybridized carbons (Fsp3) is 0.300. The van der Waals surface area contributed by atoms with E-state index in [-0.39, 0.29) is 5.82 Å². The van der Waals surface area contributed by atoms with Crippen LogP contribution < -0.4 is 10.1 Å².